The van der Waals surface area contributed by atoms with Crippen molar-refractivity contribution in [2.24, 2.45) is 17.6 Å². The van der Waals surface area contributed by atoms with Gasteiger partial charge in [0.1, 0.15) is 5.52 Å². The van der Waals surface area contributed by atoms with Gasteiger partial charge in [0.15, 0.2) is 5.65 Å². The minimum absolute atomic E-state index is 0.397. The molecule has 1 aliphatic heterocycles. The van der Waals surface area contributed by atoms with Gasteiger partial charge in [-0.3, -0.25) is 4.79 Å². The monoisotopic (exact) mass is 288 g/mol. The molecule has 1 fully saturated rings. The van der Waals surface area contributed by atoms with Gasteiger partial charge in [-0.25, -0.2) is 9.97 Å². The number of amides is 1. The summed E-state index contributed by atoms with van der Waals surface area (Å²) in [5.41, 5.74) is 7.86. The Kier molecular flexibility index (Phi) is 3.74. The zero-order chi connectivity index (χ0) is 14.8. The van der Waals surface area contributed by atoms with Crippen molar-refractivity contribution in [1.82, 2.24) is 20.3 Å². The van der Waals surface area contributed by atoms with Crippen molar-refractivity contribution in [2.45, 2.75) is 13.3 Å². The van der Waals surface area contributed by atoms with E-state index < -0.39 is 5.91 Å². The lowest BCUT2D eigenvalue weighted by molar-refractivity contribution is 0.100. The number of carbonyl (C=O) groups is 1. The van der Waals surface area contributed by atoms with Crippen molar-refractivity contribution in [2.75, 3.05) is 25.0 Å². The molecule has 1 aliphatic rings. The minimum atomic E-state index is -0.486. The Hall–Kier alpha value is -2.15. The van der Waals surface area contributed by atoms with Crippen molar-refractivity contribution < 1.29 is 4.79 Å². The molecule has 3 rings (SSSR count). The summed E-state index contributed by atoms with van der Waals surface area (Å²) in [6, 6.07) is 0. The van der Waals surface area contributed by atoms with Gasteiger partial charge in [-0.2, -0.15) is 0 Å². The number of anilines is 1. The molecule has 0 spiro atoms. The number of primary amides is 1. The average molecular weight is 288 g/mol. The van der Waals surface area contributed by atoms with Crippen LogP contribution in [0, 0.1) is 11.8 Å². The van der Waals surface area contributed by atoms with Gasteiger partial charge in [-0.05, 0) is 31.3 Å². The fraction of sp³-hybridized carbons (Fsp3) is 0.500. The van der Waals surface area contributed by atoms with Gasteiger partial charge in [-0.1, -0.05) is 6.92 Å². The normalized spacial score (nSPS) is 22.3. The van der Waals surface area contributed by atoms with Crippen molar-refractivity contribution in [3.63, 3.8) is 0 Å². The van der Waals surface area contributed by atoms with Crippen LogP contribution < -0.4 is 16.4 Å². The first-order chi connectivity index (χ1) is 10.2. The van der Waals surface area contributed by atoms with E-state index in [1.54, 1.807) is 6.33 Å². The molecule has 1 saturated heterocycles. The van der Waals surface area contributed by atoms with Crippen molar-refractivity contribution >= 4 is 22.8 Å². The Morgan fingerprint density at radius 2 is 2.38 bits per heavy atom. The Morgan fingerprint density at radius 1 is 1.52 bits per heavy atom. The first-order valence-corrected chi connectivity index (χ1v) is 7.23. The number of H-pyrrole nitrogens is 1. The zero-order valence-corrected chi connectivity index (χ0v) is 12.0. The maximum atomic E-state index is 11.6. The van der Waals surface area contributed by atoms with Gasteiger partial charge < -0.3 is 21.4 Å². The molecule has 2 atom stereocenters. The average Bonchev–Trinajstić information content (AvgIpc) is 2.94. The SMILES string of the molecule is CC1CNCCC1CNc1c(C(N)=O)cnc2nc[nH]c12. The number of fused-ring (bicyclic) bond motifs is 1. The van der Waals surface area contributed by atoms with Crippen LogP contribution in [0.5, 0.6) is 0 Å². The van der Waals surface area contributed by atoms with Crippen LogP contribution in [0.25, 0.3) is 11.2 Å². The van der Waals surface area contributed by atoms with Gasteiger partial charge in [0.05, 0.1) is 17.6 Å². The molecule has 21 heavy (non-hydrogen) atoms. The number of piperidine rings is 1. The van der Waals surface area contributed by atoms with Crippen molar-refractivity contribution in [3.8, 4) is 0 Å². The molecule has 7 heteroatoms. The number of hydrogen-bond donors (Lipinski definition) is 4. The van der Waals surface area contributed by atoms with E-state index in [-0.39, 0.29) is 0 Å². The van der Waals surface area contributed by atoms with E-state index in [0.717, 1.165) is 31.6 Å². The van der Waals surface area contributed by atoms with E-state index in [1.807, 2.05) is 0 Å². The number of aromatic amines is 1. The molecule has 7 nitrogen and oxygen atoms in total. The molecular weight excluding hydrogens is 268 g/mol. The van der Waals surface area contributed by atoms with Crippen LogP contribution in [0.2, 0.25) is 0 Å². The summed E-state index contributed by atoms with van der Waals surface area (Å²) >= 11 is 0. The number of nitrogens with one attached hydrogen (secondary N) is 3. The lowest BCUT2D eigenvalue weighted by atomic mass is 9.88. The quantitative estimate of drug-likeness (QED) is 0.662. The Bertz CT molecular complexity index is 652. The highest BCUT2D eigenvalue weighted by Crippen LogP contribution is 2.25. The molecule has 2 aromatic heterocycles. The number of carbonyl (C=O) groups excluding carboxylic acids is 1. The third-order valence-electron chi connectivity index (χ3n) is 4.22. The summed E-state index contributed by atoms with van der Waals surface area (Å²) < 4.78 is 0. The van der Waals surface area contributed by atoms with Crippen LogP contribution in [-0.2, 0) is 0 Å². The van der Waals surface area contributed by atoms with E-state index in [4.69, 9.17) is 5.73 Å². The highest BCUT2D eigenvalue weighted by atomic mass is 16.1. The van der Waals surface area contributed by atoms with Gasteiger partial charge in [0.2, 0.25) is 0 Å². The van der Waals surface area contributed by atoms with Crippen LogP contribution in [0.15, 0.2) is 12.5 Å². The molecule has 0 bridgehead atoms. The van der Waals surface area contributed by atoms with Crippen molar-refractivity contribution in [3.05, 3.63) is 18.1 Å². The van der Waals surface area contributed by atoms with Crippen LogP contribution >= 0.6 is 0 Å². The number of hydrogen-bond acceptors (Lipinski definition) is 5. The Labute approximate surface area is 122 Å². The molecule has 2 aromatic rings. The van der Waals surface area contributed by atoms with Crippen LogP contribution in [-0.4, -0.2) is 40.5 Å². The smallest absolute Gasteiger partial charge is 0.252 e. The molecule has 1 amide bonds. The minimum Gasteiger partial charge on any atom is -0.382 e. The molecule has 112 valence electrons. The fourth-order valence-corrected chi connectivity index (χ4v) is 2.87. The highest BCUT2D eigenvalue weighted by Gasteiger charge is 2.22. The standard InChI is InChI=1S/C14H20N6O/c1-8-4-16-3-2-9(8)5-17-11-10(13(15)21)6-18-14-12(11)19-7-20-14/h6-9,16H,2-5H2,1H3,(H2,15,21)(H2,17,18,19,20). The number of rotatable bonds is 4. The van der Waals surface area contributed by atoms with Gasteiger partial charge >= 0.3 is 0 Å². The maximum Gasteiger partial charge on any atom is 0.252 e. The largest absolute Gasteiger partial charge is 0.382 e. The lowest BCUT2D eigenvalue weighted by Crippen LogP contribution is -2.38. The lowest BCUT2D eigenvalue weighted by Gasteiger charge is -2.30. The number of pyridine rings is 1. The van der Waals surface area contributed by atoms with Gasteiger partial charge in [0, 0.05) is 12.7 Å². The first-order valence-electron chi connectivity index (χ1n) is 7.23. The van der Waals surface area contributed by atoms with Gasteiger partial charge in [0.25, 0.3) is 5.91 Å². The zero-order valence-electron chi connectivity index (χ0n) is 12.0. The third-order valence-corrected chi connectivity index (χ3v) is 4.22. The predicted molar refractivity (Wildman–Crippen MR) is 81.0 cm³/mol. The van der Waals surface area contributed by atoms with E-state index in [1.165, 1.54) is 6.20 Å². The van der Waals surface area contributed by atoms with E-state index in [2.05, 4.69) is 32.5 Å². The van der Waals surface area contributed by atoms with Gasteiger partial charge in [-0.15, -0.1) is 0 Å². The van der Waals surface area contributed by atoms with E-state index >= 15 is 0 Å². The number of nitrogens with zero attached hydrogens (tertiary/aromatic N) is 2. The topological polar surface area (TPSA) is 109 Å². The second-order valence-electron chi connectivity index (χ2n) is 5.62. The second-order valence-corrected chi connectivity index (χ2v) is 5.62. The fourth-order valence-electron chi connectivity index (χ4n) is 2.87. The summed E-state index contributed by atoms with van der Waals surface area (Å²) in [4.78, 5) is 22.9. The van der Waals surface area contributed by atoms with E-state index in [0.29, 0.717) is 28.7 Å². The van der Waals surface area contributed by atoms with Crippen LogP contribution in [0.4, 0.5) is 5.69 Å². The Morgan fingerprint density at radius 3 is 3.14 bits per heavy atom. The third kappa shape index (κ3) is 2.69. The number of nitrogens with two attached hydrogens (primary N) is 1. The van der Waals surface area contributed by atoms with Crippen LogP contribution in [0.1, 0.15) is 23.7 Å². The summed E-state index contributed by atoms with van der Waals surface area (Å²) in [6.45, 7) is 5.12. The summed E-state index contributed by atoms with van der Waals surface area (Å²) in [7, 11) is 0. The number of imidazole rings is 1. The number of aromatic nitrogens is 3. The highest BCUT2D eigenvalue weighted by molar-refractivity contribution is 6.04. The summed E-state index contributed by atoms with van der Waals surface area (Å²) in [5, 5.41) is 6.77. The molecule has 5 N–H and O–H groups in total. The molecular formula is C14H20N6O. The molecule has 0 aliphatic carbocycles. The van der Waals surface area contributed by atoms with E-state index in [9.17, 15) is 4.79 Å². The van der Waals surface area contributed by atoms with Crippen molar-refractivity contribution in [1.29, 1.82) is 0 Å². The summed E-state index contributed by atoms with van der Waals surface area (Å²) in [6.07, 6.45) is 4.18. The summed E-state index contributed by atoms with van der Waals surface area (Å²) in [5.74, 6) is 0.681. The second kappa shape index (κ2) is 5.69. The first kappa shape index (κ1) is 13.8. The molecule has 2 unspecified atom stereocenters. The van der Waals surface area contributed by atoms with Crippen LogP contribution in [0.3, 0.4) is 0 Å². The maximum absolute atomic E-state index is 11.6. The molecule has 0 radical (unpaired) electrons. The molecule has 0 aromatic carbocycles. The molecule has 0 saturated carbocycles. The Balaban J connectivity index is 1.86. The predicted octanol–water partition coefficient (Wildman–Crippen LogP) is 0.714. The molecule has 3 heterocycles.